The summed E-state index contributed by atoms with van der Waals surface area (Å²) < 4.78 is 0.744. The van der Waals surface area contributed by atoms with E-state index in [2.05, 4.69) is 28.2 Å². The van der Waals surface area contributed by atoms with E-state index < -0.39 is 0 Å². The first-order chi connectivity index (χ1) is 8.16. The van der Waals surface area contributed by atoms with E-state index in [1.54, 1.807) is 0 Å². The number of pyridine rings is 1. The molecule has 0 radical (unpaired) electrons. The van der Waals surface area contributed by atoms with Crippen LogP contribution in [0, 0.1) is 18.5 Å². The fraction of sp³-hybridized carbons (Fsp3) is 0.154. The third-order valence-corrected chi connectivity index (χ3v) is 2.81. The fourth-order valence-electron chi connectivity index (χ4n) is 1.75. The van der Waals surface area contributed by atoms with E-state index in [0.717, 1.165) is 15.9 Å². The highest BCUT2D eigenvalue weighted by Crippen LogP contribution is 2.20. The Morgan fingerprint density at radius 2 is 1.94 bits per heavy atom. The van der Waals surface area contributed by atoms with Gasteiger partial charge in [0, 0.05) is 18.1 Å². The summed E-state index contributed by atoms with van der Waals surface area (Å²) in [5.74, 6) is 0. The molecule has 0 spiro atoms. The van der Waals surface area contributed by atoms with Gasteiger partial charge in [0.1, 0.15) is 4.64 Å². The second-order valence-corrected chi connectivity index (χ2v) is 4.41. The summed E-state index contributed by atoms with van der Waals surface area (Å²) in [6, 6.07) is 8.07. The van der Waals surface area contributed by atoms with Crippen LogP contribution in [0.25, 0.3) is 11.1 Å². The first-order valence-electron chi connectivity index (χ1n) is 5.43. The normalized spacial score (nSPS) is 10.0. The third-order valence-electron chi connectivity index (χ3n) is 2.56. The molecule has 2 aromatic heterocycles. The quantitative estimate of drug-likeness (QED) is 0.657. The number of hydrogen-bond donors (Lipinski definition) is 3. The van der Waals surface area contributed by atoms with Gasteiger partial charge in [-0.05, 0) is 54.8 Å². The summed E-state index contributed by atoms with van der Waals surface area (Å²) >= 11 is 5.05. The van der Waals surface area contributed by atoms with Crippen molar-refractivity contribution >= 4 is 12.2 Å². The molecule has 4 heteroatoms. The first kappa shape index (κ1) is 11.7. The lowest BCUT2D eigenvalue weighted by molar-refractivity contribution is 0.991. The second kappa shape index (κ2) is 5.01. The van der Waals surface area contributed by atoms with Crippen LogP contribution in [-0.2, 0) is 0 Å². The summed E-state index contributed by atoms with van der Waals surface area (Å²) in [5.41, 5.74) is 4.58. The summed E-state index contributed by atoms with van der Waals surface area (Å²) in [7, 11) is 0. The standard InChI is InChI=1S/C13H15N3S/c1-9-7-10(2)16-15-6-5-12(9)11-3-4-13(17)14-8-11/h3-8,15-16H,1-2H3,(H,14,17). The second-order valence-electron chi connectivity index (χ2n) is 3.97. The minimum atomic E-state index is 0.744. The van der Waals surface area contributed by atoms with Gasteiger partial charge >= 0.3 is 0 Å². The van der Waals surface area contributed by atoms with Crippen molar-refractivity contribution in [3.8, 4) is 11.1 Å². The molecular weight excluding hydrogens is 230 g/mol. The maximum absolute atomic E-state index is 5.05. The van der Waals surface area contributed by atoms with E-state index in [1.807, 2.05) is 37.5 Å². The summed E-state index contributed by atoms with van der Waals surface area (Å²) in [6.45, 7) is 4.11. The van der Waals surface area contributed by atoms with E-state index in [4.69, 9.17) is 12.2 Å². The van der Waals surface area contributed by atoms with Gasteiger partial charge in [0.15, 0.2) is 0 Å². The van der Waals surface area contributed by atoms with Crippen LogP contribution in [0.4, 0.5) is 0 Å². The summed E-state index contributed by atoms with van der Waals surface area (Å²) in [4.78, 5) is 3.06. The lowest BCUT2D eigenvalue weighted by atomic mass is 10.0. The lowest BCUT2D eigenvalue weighted by Gasteiger charge is -2.04. The van der Waals surface area contributed by atoms with E-state index >= 15 is 0 Å². The molecule has 0 aromatic carbocycles. The molecule has 2 rings (SSSR count). The van der Waals surface area contributed by atoms with Gasteiger partial charge in [-0.2, -0.15) is 0 Å². The molecule has 2 heterocycles. The lowest BCUT2D eigenvalue weighted by Crippen LogP contribution is -1.87. The van der Waals surface area contributed by atoms with Gasteiger partial charge in [-0.25, -0.2) is 0 Å². The first-order valence-corrected chi connectivity index (χ1v) is 5.84. The minimum Gasteiger partial charge on any atom is -0.352 e. The Morgan fingerprint density at radius 1 is 1.12 bits per heavy atom. The van der Waals surface area contributed by atoms with Gasteiger partial charge in [0.2, 0.25) is 0 Å². The highest BCUT2D eigenvalue weighted by atomic mass is 32.1. The molecule has 0 fully saturated rings. The molecule has 0 aliphatic rings. The van der Waals surface area contributed by atoms with Crippen LogP contribution in [-0.4, -0.2) is 15.2 Å². The molecule has 0 amide bonds. The smallest absolute Gasteiger partial charge is 0.103 e. The molecule has 0 atom stereocenters. The van der Waals surface area contributed by atoms with E-state index in [-0.39, 0.29) is 0 Å². The Bertz CT molecular complexity index is 597. The highest BCUT2D eigenvalue weighted by molar-refractivity contribution is 7.71. The Kier molecular flexibility index (Phi) is 3.44. The maximum atomic E-state index is 5.05. The number of rotatable bonds is 1. The predicted octanol–water partition coefficient (Wildman–Crippen LogP) is 3.81. The van der Waals surface area contributed by atoms with Crippen LogP contribution in [0.3, 0.4) is 0 Å². The van der Waals surface area contributed by atoms with Gasteiger partial charge < -0.3 is 15.2 Å². The maximum Gasteiger partial charge on any atom is 0.103 e. The van der Waals surface area contributed by atoms with Gasteiger partial charge in [-0.3, -0.25) is 0 Å². The highest BCUT2D eigenvalue weighted by Gasteiger charge is 1.99. The zero-order valence-corrected chi connectivity index (χ0v) is 10.7. The van der Waals surface area contributed by atoms with Crippen molar-refractivity contribution in [2.45, 2.75) is 13.8 Å². The summed E-state index contributed by atoms with van der Waals surface area (Å²) in [5, 5.41) is 6.07. The number of aryl methyl sites for hydroxylation is 2. The molecule has 17 heavy (non-hydrogen) atoms. The molecule has 0 unspecified atom stereocenters. The van der Waals surface area contributed by atoms with Crippen molar-refractivity contribution in [3.05, 3.63) is 52.6 Å². The van der Waals surface area contributed by atoms with Crippen LogP contribution < -0.4 is 0 Å². The molecule has 88 valence electrons. The minimum absolute atomic E-state index is 0.744. The largest absolute Gasteiger partial charge is 0.352 e. The molecule has 0 saturated carbocycles. The van der Waals surface area contributed by atoms with Crippen LogP contribution >= 0.6 is 12.2 Å². The average molecular weight is 245 g/mol. The van der Waals surface area contributed by atoms with Crippen LogP contribution in [0.1, 0.15) is 11.3 Å². The molecule has 0 bridgehead atoms. The number of aromatic amines is 3. The Labute approximate surface area is 105 Å². The van der Waals surface area contributed by atoms with E-state index in [9.17, 15) is 0 Å². The Balaban J connectivity index is 2.63. The predicted molar refractivity (Wildman–Crippen MR) is 72.9 cm³/mol. The summed E-state index contributed by atoms with van der Waals surface area (Å²) in [6.07, 6.45) is 3.82. The molecule has 2 aromatic rings. The SMILES string of the molecule is Cc1cc(C)c(-c2ccc(=S)[nH]c2)cc[nH][nH]1. The van der Waals surface area contributed by atoms with Crippen molar-refractivity contribution in [1.82, 2.24) is 15.2 Å². The zero-order valence-electron chi connectivity index (χ0n) is 9.87. The van der Waals surface area contributed by atoms with E-state index in [1.165, 1.54) is 11.1 Å². The Morgan fingerprint density at radius 3 is 2.65 bits per heavy atom. The average Bonchev–Trinajstić information content (AvgIpc) is 2.28. The number of nitrogens with one attached hydrogen (secondary N) is 3. The van der Waals surface area contributed by atoms with Crippen molar-refractivity contribution < 1.29 is 0 Å². The zero-order chi connectivity index (χ0) is 12.3. The number of hydrogen-bond acceptors (Lipinski definition) is 1. The molecule has 0 saturated heterocycles. The van der Waals surface area contributed by atoms with Crippen LogP contribution in [0.5, 0.6) is 0 Å². The fourth-order valence-corrected chi connectivity index (χ4v) is 1.88. The van der Waals surface area contributed by atoms with Gasteiger partial charge in [0.05, 0.1) is 0 Å². The molecule has 0 aliphatic carbocycles. The Hall–Kier alpha value is -1.81. The van der Waals surface area contributed by atoms with Crippen molar-refractivity contribution in [1.29, 1.82) is 0 Å². The van der Waals surface area contributed by atoms with E-state index in [0.29, 0.717) is 0 Å². The monoisotopic (exact) mass is 245 g/mol. The molecule has 3 nitrogen and oxygen atoms in total. The van der Waals surface area contributed by atoms with Crippen LogP contribution in [0.15, 0.2) is 36.7 Å². The number of aromatic nitrogens is 3. The topological polar surface area (TPSA) is 47.4 Å². The number of H-pyrrole nitrogens is 3. The van der Waals surface area contributed by atoms with Crippen molar-refractivity contribution in [2.75, 3.05) is 0 Å². The molecule has 3 N–H and O–H groups in total. The van der Waals surface area contributed by atoms with Gasteiger partial charge in [-0.1, -0.05) is 12.2 Å². The van der Waals surface area contributed by atoms with Crippen molar-refractivity contribution in [3.63, 3.8) is 0 Å². The van der Waals surface area contributed by atoms with Crippen molar-refractivity contribution in [2.24, 2.45) is 0 Å². The molecular formula is C13H15N3S. The third kappa shape index (κ3) is 2.85. The van der Waals surface area contributed by atoms with Gasteiger partial charge in [-0.15, -0.1) is 0 Å². The van der Waals surface area contributed by atoms with Gasteiger partial charge in [0.25, 0.3) is 0 Å². The molecule has 0 aliphatic heterocycles. The van der Waals surface area contributed by atoms with Crippen LogP contribution in [0.2, 0.25) is 0 Å².